The maximum Gasteiger partial charge on any atom is 0.240 e. The fourth-order valence-electron chi connectivity index (χ4n) is 0.901. The van der Waals surface area contributed by atoms with Gasteiger partial charge in [0.2, 0.25) is 10.0 Å². The molecule has 0 saturated carbocycles. The van der Waals surface area contributed by atoms with Crippen molar-refractivity contribution < 1.29 is 17.2 Å². The van der Waals surface area contributed by atoms with E-state index in [-0.39, 0.29) is 11.4 Å². The third-order valence-electron chi connectivity index (χ3n) is 1.66. The molecular formula is C9H8BrF2NO2S. The smallest absolute Gasteiger partial charge is 0.207 e. The van der Waals surface area contributed by atoms with Gasteiger partial charge in [-0.2, -0.15) is 0 Å². The number of hydrogen-bond acceptors (Lipinski definition) is 2. The second-order valence-electron chi connectivity index (χ2n) is 2.92. The first-order chi connectivity index (χ1) is 7.33. The van der Waals surface area contributed by atoms with E-state index in [1.54, 1.807) is 0 Å². The molecule has 1 rings (SSSR count). The molecule has 0 amide bonds. The van der Waals surface area contributed by atoms with Gasteiger partial charge in [-0.3, -0.25) is 0 Å². The number of hydrogen-bond donors (Lipinski definition) is 1. The van der Waals surface area contributed by atoms with Gasteiger partial charge in [0, 0.05) is 11.0 Å². The number of sulfonamides is 1. The van der Waals surface area contributed by atoms with Crippen molar-refractivity contribution >= 4 is 26.0 Å². The van der Waals surface area contributed by atoms with Gasteiger partial charge in [-0.1, -0.05) is 22.5 Å². The Balaban J connectivity index is 2.99. The van der Waals surface area contributed by atoms with E-state index in [0.717, 1.165) is 12.1 Å². The molecule has 0 spiro atoms. The first-order valence-corrected chi connectivity index (χ1v) is 6.38. The molecule has 7 heteroatoms. The Morgan fingerprint density at radius 3 is 2.50 bits per heavy atom. The van der Waals surface area contributed by atoms with Crippen LogP contribution in [0.25, 0.3) is 0 Å². The monoisotopic (exact) mass is 311 g/mol. The highest BCUT2D eigenvalue weighted by molar-refractivity contribution is 9.11. The van der Waals surface area contributed by atoms with Gasteiger partial charge >= 0.3 is 0 Å². The summed E-state index contributed by atoms with van der Waals surface area (Å²) in [6.07, 6.45) is 0. The summed E-state index contributed by atoms with van der Waals surface area (Å²) in [6, 6.07) is 2.36. The van der Waals surface area contributed by atoms with E-state index in [9.17, 15) is 17.2 Å². The molecule has 88 valence electrons. The topological polar surface area (TPSA) is 46.2 Å². The van der Waals surface area contributed by atoms with E-state index in [1.807, 2.05) is 0 Å². The molecule has 1 N–H and O–H groups in total. The Hall–Kier alpha value is -0.790. The van der Waals surface area contributed by atoms with Gasteiger partial charge in [-0.05, 0) is 18.2 Å². The second-order valence-corrected chi connectivity index (χ2v) is 5.81. The van der Waals surface area contributed by atoms with Crippen LogP contribution >= 0.6 is 15.9 Å². The molecule has 0 fully saturated rings. The molecule has 0 aliphatic rings. The SMILES string of the molecule is C=C(Br)CNS(=O)(=O)c1ccc(F)c(F)c1. The van der Waals surface area contributed by atoms with Crippen molar-refractivity contribution in [2.24, 2.45) is 0 Å². The van der Waals surface area contributed by atoms with Gasteiger partial charge in [-0.15, -0.1) is 0 Å². The Labute approximate surface area is 100 Å². The first kappa shape index (κ1) is 13.3. The van der Waals surface area contributed by atoms with Crippen molar-refractivity contribution in [2.75, 3.05) is 6.54 Å². The Morgan fingerprint density at radius 1 is 1.38 bits per heavy atom. The van der Waals surface area contributed by atoms with E-state index in [0.29, 0.717) is 10.5 Å². The minimum atomic E-state index is -3.84. The van der Waals surface area contributed by atoms with Crippen LogP contribution in [0.15, 0.2) is 34.2 Å². The zero-order valence-corrected chi connectivity index (χ0v) is 10.4. The average Bonchev–Trinajstić information content (AvgIpc) is 2.19. The van der Waals surface area contributed by atoms with Gasteiger partial charge < -0.3 is 0 Å². The summed E-state index contributed by atoms with van der Waals surface area (Å²) >= 11 is 2.97. The second kappa shape index (κ2) is 5.03. The van der Waals surface area contributed by atoms with Crippen LogP contribution in [0.5, 0.6) is 0 Å². The molecule has 0 saturated heterocycles. The van der Waals surface area contributed by atoms with Crippen molar-refractivity contribution in [2.45, 2.75) is 4.90 Å². The summed E-state index contributed by atoms with van der Waals surface area (Å²) in [5, 5.41) is 0. The van der Waals surface area contributed by atoms with Crippen LogP contribution < -0.4 is 4.72 Å². The summed E-state index contributed by atoms with van der Waals surface area (Å²) in [6.45, 7) is 3.41. The molecule has 3 nitrogen and oxygen atoms in total. The molecule has 1 aromatic rings. The third-order valence-corrected chi connectivity index (χ3v) is 3.33. The molecule has 16 heavy (non-hydrogen) atoms. The maximum absolute atomic E-state index is 12.8. The van der Waals surface area contributed by atoms with Crippen LogP contribution in [-0.2, 0) is 10.0 Å². The van der Waals surface area contributed by atoms with Gasteiger partial charge in [0.25, 0.3) is 0 Å². The van der Waals surface area contributed by atoms with Crippen LogP contribution in [0.3, 0.4) is 0 Å². The molecule has 0 bridgehead atoms. The standard InChI is InChI=1S/C9H8BrF2NO2S/c1-6(10)5-13-16(14,15)7-2-3-8(11)9(12)4-7/h2-4,13H,1,5H2. The molecule has 0 heterocycles. The Morgan fingerprint density at radius 2 is 2.00 bits per heavy atom. The maximum atomic E-state index is 12.8. The number of halogens is 3. The predicted molar refractivity (Wildman–Crippen MR) is 59.6 cm³/mol. The molecule has 0 aliphatic carbocycles. The van der Waals surface area contributed by atoms with E-state index < -0.39 is 21.7 Å². The van der Waals surface area contributed by atoms with Crippen LogP contribution in [0.1, 0.15) is 0 Å². The predicted octanol–water partition coefficient (Wildman–Crippen LogP) is 2.15. The van der Waals surface area contributed by atoms with Crippen LogP contribution in [-0.4, -0.2) is 15.0 Å². The highest BCUT2D eigenvalue weighted by Gasteiger charge is 2.15. The van der Waals surface area contributed by atoms with E-state index in [1.165, 1.54) is 0 Å². The normalized spacial score (nSPS) is 11.4. The van der Waals surface area contributed by atoms with Gasteiger partial charge in [0.05, 0.1) is 4.90 Å². The molecule has 0 radical (unpaired) electrons. The Bertz CT molecular complexity index is 516. The van der Waals surface area contributed by atoms with E-state index >= 15 is 0 Å². The lowest BCUT2D eigenvalue weighted by Crippen LogP contribution is -2.24. The quantitative estimate of drug-likeness (QED) is 0.926. The number of rotatable bonds is 4. The van der Waals surface area contributed by atoms with E-state index in [2.05, 4.69) is 27.2 Å². The molecule has 0 atom stereocenters. The minimum absolute atomic E-state index is 0.0265. The summed E-state index contributed by atoms with van der Waals surface area (Å²) < 4.78 is 51.1. The lowest BCUT2D eigenvalue weighted by molar-refractivity contribution is 0.504. The fraction of sp³-hybridized carbons (Fsp3) is 0.111. The van der Waals surface area contributed by atoms with Gasteiger partial charge in [0.1, 0.15) is 0 Å². The number of benzene rings is 1. The van der Waals surface area contributed by atoms with Crippen molar-refractivity contribution in [1.29, 1.82) is 0 Å². The van der Waals surface area contributed by atoms with Gasteiger partial charge in [-0.25, -0.2) is 21.9 Å². The largest absolute Gasteiger partial charge is 0.240 e. The fourth-order valence-corrected chi connectivity index (χ4v) is 2.26. The summed E-state index contributed by atoms with van der Waals surface area (Å²) in [4.78, 5) is -0.333. The molecule has 0 aromatic heterocycles. The van der Waals surface area contributed by atoms with Crippen molar-refractivity contribution in [3.05, 3.63) is 40.9 Å². The number of nitrogens with one attached hydrogen (secondary N) is 1. The summed E-state index contributed by atoms with van der Waals surface area (Å²) in [5.74, 6) is -2.30. The van der Waals surface area contributed by atoms with Crippen LogP contribution in [0.4, 0.5) is 8.78 Å². The minimum Gasteiger partial charge on any atom is -0.207 e. The first-order valence-electron chi connectivity index (χ1n) is 4.11. The van der Waals surface area contributed by atoms with E-state index in [4.69, 9.17) is 0 Å². The van der Waals surface area contributed by atoms with Crippen LogP contribution in [0, 0.1) is 11.6 Å². The van der Waals surface area contributed by atoms with Crippen LogP contribution in [0.2, 0.25) is 0 Å². The van der Waals surface area contributed by atoms with Crippen molar-refractivity contribution in [3.63, 3.8) is 0 Å². The zero-order chi connectivity index (χ0) is 12.3. The molecule has 0 aliphatic heterocycles. The lowest BCUT2D eigenvalue weighted by atomic mass is 10.3. The molecular weight excluding hydrogens is 304 g/mol. The Kier molecular flexibility index (Phi) is 4.17. The molecule has 1 aromatic carbocycles. The third kappa shape index (κ3) is 3.36. The highest BCUT2D eigenvalue weighted by Crippen LogP contribution is 2.13. The highest BCUT2D eigenvalue weighted by atomic mass is 79.9. The molecule has 0 unspecified atom stereocenters. The summed E-state index contributed by atoms with van der Waals surface area (Å²) in [7, 11) is -3.84. The zero-order valence-electron chi connectivity index (χ0n) is 8.00. The van der Waals surface area contributed by atoms with Crippen molar-refractivity contribution in [3.8, 4) is 0 Å². The van der Waals surface area contributed by atoms with Gasteiger partial charge in [0.15, 0.2) is 11.6 Å². The lowest BCUT2D eigenvalue weighted by Gasteiger charge is -2.05. The average molecular weight is 312 g/mol. The van der Waals surface area contributed by atoms with Crippen molar-refractivity contribution in [1.82, 2.24) is 4.72 Å². The summed E-state index contributed by atoms with van der Waals surface area (Å²) in [5.41, 5.74) is 0.